The lowest BCUT2D eigenvalue weighted by Gasteiger charge is -2.08. The van der Waals surface area contributed by atoms with E-state index in [0.29, 0.717) is 5.75 Å². The van der Waals surface area contributed by atoms with Crippen molar-refractivity contribution >= 4 is 10.9 Å². The van der Waals surface area contributed by atoms with E-state index >= 15 is 0 Å². The van der Waals surface area contributed by atoms with Crippen molar-refractivity contribution in [1.82, 2.24) is 4.57 Å². The highest BCUT2D eigenvalue weighted by molar-refractivity contribution is 5.84. The quantitative estimate of drug-likeness (QED) is 0.676. The number of benzene rings is 1. The number of aromatic nitrogens is 1. The van der Waals surface area contributed by atoms with Crippen molar-refractivity contribution in [3.8, 4) is 5.75 Å². The molecule has 0 fully saturated rings. The van der Waals surface area contributed by atoms with E-state index in [-0.39, 0.29) is 5.56 Å². The number of pyridine rings is 1. The van der Waals surface area contributed by atoms with Gasteiger partial charge in [-0.3, -0.25) is 4.79 Å². The zero-order valence-electron chi connectivity index (χ0n) is 8.07. The summed E-state index contributed by atoms with van der Waals surface area (Å²) in [6, 6.07) is 9.91. The number of hydrogen-bond donors (Lipinski definition) is 0. The van der Waals surface area contributed by atoms with Crippen LogP contribution in [-0.2, 0) is 7.05 Å². The SMILES string of the molecule is COc1cc[c]c2ccc(=O)n(C)c12. The van der Waals surface area contributed by atoms with E-state index in [0.717, 1.165) is 10.9 Å². The van der Waals surface area contributed by atoms with E-state index in [1.165, 1.54) is 6.07 Å². The third kappa shape index (κ3) is 1.18. The summed E-state index contributed by atoms with van der Waals surface area (Å²) in [5.74, 6) is 0.693. The van der Waals surface area contributed by atoms with Crippen LogP contribution < -0.4 is 10.3 Å². The maximum atomic E-state index is 11.4. The van der Waals surface area contributed by atoms with Crippen molar-refractivity contribution in [1.29, 1.82) is 0 Å². The van der Waals surface area contributed by atoms with Crippen molar-refractivity contribution < 1.29 is 4.74 Å². The van der Waals surface area contributed by atoms with Gasteiger partial charge >= 0.3 is 0 Å². The fourth-order valence-electron chi connectivity index (χ4n) is 1.50. The fraction of sp³-hybridized carbons (Fsp3) is 0.182. The Hall–Kier alpha value is -1.77. The molecule has 0 amide bonds. The molecule has 0 saturated carbocycles. The zero-order valence-corrected chi connectivity index (χ0v) is 8.07. The third-order valence-electron chi connectivity index (χ3n) is 2.24. The van der Waals surface area contributed by atoms with Gasteiger partial charge in [0.2, 0.25) is 0 Å². The average molecular weight is 188 g/mol. The molecule has 0 spiro atoms. The molecule has 1 aromatic heterocycles. The van der Waals surface area contributed by atoms with E-state index in [4.69, 9.17) is 4.74 Å². The van der Waals surface area contributed by atoms with Crippen LogP contribution in [0.1, 0.15) is 0 Å². The minimum absolute atomic E-state index is 0.0459. The number of aryl methyl sites for hydroxylation is 1. The molecule has 1 aromatic carbocycles. The highest BCUT2D eigenvalue weighted by atomic mass is 16.5. The third-order valence-corrected chi connectivity index (χ3v) is 2.24. The topological polar surface area (TPSA) is 31.2 Å². The van der Waals surface area contributed by atoms with Crippen molar-refractivity contribution in [3.63, 3.8) is 0 Å². The van der Waals surface area contributed by atoms with Crippen LogP contribution in [0, 0.1) is 6.07 Å². The molecule has 0 unspecified atom stereocenters. The largest absolute Gasteiger partial charge is 0.495 e. The Kier molecular flexibility index (Phi) is 2.00. The summed E-state index contributed by atoms with van der Waals surface area (Å²) in [6.45, 7) is 0. The van der Waals surface area contributed by atoms with Crippen LogP contribution in [0.15, 0.2) is 29.1 Å². The van der Waals surface area contributed by atoms with Crippen molar-refractivity contribution in [2.75, 3.05) is 7.11 Å². The predicted molar refractivity (Wildman–Crippen MR) is 54.6 cm³/mol. The zero-order chi connectivity index (χ0) is 10.1. The Morgan fingerprint density at radius 2 is 2.14 bits per heavy atom. The Morgan fingerprint density at radius 3 is 2.86 bits per heavy atom. The number of fused-ring (bicyclic) bond motifs is 1. The van der Waals surface area contributed by atoms with Gasteiger partial charge in [-0.1, -0.05) is 0 Å². The second-order valence-electron chi connectivity index (χ2n) is 3.04. The van der Waals surface area contributed by atoms with Gasteiger partial charge in [-0.05, 0) is 24.3 Å². The number of hydrogen-bond acceptors (Lipinski definition) is 2. The Bertz CT molecular complexity index is 528. The maximum absolute atomic E-state index is 11.4. The molecule has 1 heterocycles. The van der Waals surface area contributed by atoms with Crippen molar-refractivity contribution in [2.45, 2.75) is 0 Å². The van der Waals surface area contributed by atoms with Crippen LogP contribution in [-0.4, -0.2) is 11.7 Å². The highest BCUT2D eigenvalue weighted by Crippen LogP contribution is 2.22. The Labute approximate surface area is 81.5 Å². The first kappa shape index (κ1) is 8.81. The maximum Gasteiger partial charge on any atom is 0.250 e. The lowest BCUT2D eigenvalue weighted by Crippen LogP contribution is -2.15. The lowest BCUT2D eigenvalue weighted by molar-refractivity contribution is 0.417. The molecule has 1 radical (unpaired) electrons. The van der Waals surface area contributed by atoms with Gasteiger partial charge in [0, 0.05) is 18.5 Å². The summed E-state index contributed by atoms with van der Waals surface area (Å²) in [7, 11) is 3.31. The molecule has 2 aromatic rings. The second-order valence-corrected chi connectivity index (χ2v) is 3.04. The normalized spacial score (nSPS) is 10.4. The summed E-state index contributed by atoms with van der Waals surface area (Å²) in [5.41, 5.74) is 0.734. The molecule has 0 aliphatic heterocycles. The van der Waals surface area contributed by atoms with E-state index < -0.39 is 0 Å². The van der Waals surface area contributed by atoms with Crippen LogP contribution >= 0.6 is 0 Å². The van der Waals surface area contributed by atoms with Crippen LogP contribution in [0.25, 0.3) is 10.9 Å². The molecule has 0 saturated heterocycles. The van der Waals surface area contributed by atoms with Gasteiger partial charge in [0.1, 0.15) is 5.75 Å². The molecule has 0 N–H and O–H groups in total. The average Bonchev–Trinajstić information content (AvgIpc) is 2.23. The van der Waals surface area contributed by atoms with Crippen LogP contribution in [0.4, 0.5) is 0 Å². The van der Waals surface area contributed by atoms with E-state index in [1.54, 1.807) is 36.9 Å². The molecular formula is C11H10NO2. The molecule has 0 atom stereocenters. The molecule has 14 heavy (non-hydrogen) atoms. The predicted octanol–water partition coefficient (Wildman–Crippen LogP) is 1.35. The molecule has 3 nitrogen and oxygen atoms in total. The summed E-state index contributed by atoms with van der Waals surface area (Å²) in [5, 5.41) is 0.881. The summed E-state index contributed by atoms with van der Waals surface area (Å²) >= 11 is 0. The highest BCUT2D eigenvalue weighted by Gasteiger charge is 2.04. The van der Waals surface area contributed by atoms with E-state index in [2.05, 4.69) is 6.07 Å². The van der Waals surface area contributed by atoms with Gasteiger partial charge < -0.3 is 9.30 Å². The van der Waals surface area contributed by atoms with Crippen LogP contribution in [0.5, 0.6) is 5.75 Å². The first-order valence-corrected chi connectivity index (χ1v) is 4.28. The smallest absolute Gasteiger partial charge is 0.250 e. The number of rotatable bonds is 1. The Balaban J connectivity index is 2.97. The van der Waals surface area contributed by atoms with Gasteiger partial charge in [-0.2, -0.15) is 0 Å². The van der Waals surface area contributed by atoms with Crippen LogP contribution in [0.3, 0.4) is 0 Å². The summed E-state index contributed by atoms with van der Waals surface area (Å²) in [6.07, 6.45) is 0. The van der Waals surface area contributed by atoms with Gasteiger partial charge in [0.25, 0.3) is 5.56 Å². The van der Waals surface area contributed by atoms with Gasteiger partial charge in [0.05, 0.1) is 12.6 Å². The summed E-state index contributed by atoms with van der Waals surface area (Å²) in [4.78, 5) is 11.4. The number of methoxy groups -OCH3 is 1. The molecule has 0 aliphatic carbocycles. The lowest BCUT2D eigenvalue weighted by atomic mass is 10.2. The molecule has 3 heteroatoms. The van der Waals surface area contributed by atoms with Crippen LogP contribution in [0.2, 0.25) is 0 Å². The first-order chi connectivity index (χ1) is 6.74. The van der Waals surface area contributed by atoms with E-state index in [9.17, 15) is 4.79 Å². The first-order valence-electron chi connectivity index (χ1n) is 4.28. The monoisotopic (exact) mass is 188 g/mol. The number of ether oxygens (including phenoxy) is 1. The standard InChI is InChI=1S/C11H10NO2/c1-12-10(13)7-6-8-4-3-5-9(14-2)11(8)12/h3,5-7H,1-2H3. The minimum atomic E-state index is -0.0459. The molecule has 0 aliphatic rings. The summed E-state index contributed by atoms with van der Waals surface area (Å²) < 4.78 is 6.74. The van der Waals surface area contributed by atoms with Crippen molar-refractivity contribution in [3.05, 3.63) is 40.7 Å². The van der Waals surface area contributed by atoms with Crippen molar-refractivity contribution in [2.24, 2.45) is 7.05 Å². The molecular weight excluding hydrogens is 178 g/mol. The van der Waals surface area contributed by atoms with E-state index in [1.807, 2.05) is 0 Å². The fourth-order valence-corrected chi connectivity index (χ4v) is 1.50. The number of nitrogens with zero attached hydrogens (tertiary/aromatic N) is 1. The van der Waals surface area contributed by atoms with Gasteiger partial charge in [-0.25, -0.2) is 0 Å². The molecule has 0 bridgehead atoms. The van der Waals surface area contributed by atoms with Gasteiger partial charge in [-0.15, -0.1) is 0 Å². The molecule has 71 valence electrons. The second kappa shape index (κ2) is 3.18. The Morgan fingerprint density at radius 1 is 1.36 bits per heavy atom. The molecule has 2 rings (SSSR count). The van der Waals surface area contributed by atoms with Gasteiger partial charge in [0.15, 0.2) is 0 Å². The minimum Gasteiger partial charge on any atom is -0.495 e.